The average molecular weight is 239 g/mol. The molecule has 1 rings (SSSR count). The SMILES string of the molecule is CNCc1ccncc1N(C)C(C)CSC. The minimum Gasteiger partial charge on any atom is -0.370 e. The Morgan fingerprint density at radius 2 is 2.31 bits per heavy atom. The fourth-order valence-corrected chi connectivity index (χ4v) is 2.37. The summed E-state index contributed by atoms with van der Waals surface area (Å²) >= 11 is 1.87. The third-order valence-corrected chi connectivity index (χ3v) is 3.52. The van der Waals surface area contributed by atoms with Gasteiger partial charge in [-0.15, -0.1) is 0 Å². The van der Waals surface area contributed by atoms with Crippen LogP contribution in [-0.4, -0.2) is 37.1 Å². The molecule has 0 aromatic carbocycles. The molecule has 1 aromatic rings. The average Bonchev–Trinajstić information content (AvgIpc) is 2.29. The minimum absolute atomic E-state index is 0.523. The smallest absolute Gasteiger partial charge is 0.0598 e. The normalized spacial score (nSPS) is 12.5. The van der Waals surface area contributed by atoms with Crippen molar-refractivity contribution in [2.24, 2.45) is 0 Å². The van der Waals surface area contributed by atoms with Crippen LogP contribution in [0, 0.1) is 0 Å². The van der Waals surface area contributed by atoms with E-state index in [1.54, 1.807) is 0 Å². The van der Waals surface area contributed by atoms with E-state index in [-0.39, 0.29) is 0 Å². The Kier molecular flexibility index (Phi) is 5.63. The molecule has 0 amide bonds. The summed E-state index contributed by atoms with van der Waals surface area (Å²) in [4.78, 5) is 6.52. The molecular formula is C12H21N3S. The van der Waals surface area contributed by atoms with Gasteiger partial charge in [0.2, 0.25) is 0 Å². The van der Waals surface area contributed by atoms with Crippen LogP contribution < -0.4 is 10.2 Å². The summed E-state index contributed by atoms with van der Waals surface area (Å²) in [6.07, 6.45) is 5.94. The van der Waals surface area contributed by atoms with Crippen molar-refractivity contribution in [2.45, 2.75) is 19.5 Å². The zero-order valence-electron chi connectivity index (χ0n) is 10.5. The van der Waals surface area contributed by atoms with Crippen molar-refractivity contribution in [3.8, 4) is 0 Å². The van der Waals surface area contributed by atoms with E-state index in [2.05, 4.69) is 41.5 Å². The van der Waals surface area contributed by atoms with Crippen molar-refractivity contribution in [1.82, 2.24) is 10.3 Å². The number of nitrogens with zero attached hydrogens (tertiary/aromatic N) is 2. The molecule has 0 spiro atoms. The predicted molar refractivity (Wildman–Crippen MR) is 73.2 cm³/mol. The molecule has 1 atom stereocenters. The van der Waals surface area contributed by atoms with Gasteiger partial charge in [-0.1, -0.05) is 0 Å². The summed E-state index contributed by atoms with van der Waals surface area (Å²) < 4.78 is 0. The molecule has 0 saturated carbocycles. The topological polar surface area (TPSA) is 28.2 Å². The van der Waals surface area contributed by atoms with Crippen LogP contribution in [0.4, 0.5) is 5.69 Å². The number of anilines is 1. The molecule has 1 unspecified atom stereocenters. The Balaban J connectivity index is 2.84. The molecule has 0 aliphatic carbocycles. The van der Waals surface area contributed by atoms with Crippen LogP contribution in [-0.2, 0) is 6.54 Å². The first-order valence-corrected chi connectivity index (χ1v) is 6.89. The molecule has 1 N–H and O–H groups in total. The Labute approximate surface area is 103 Å². The zero-order chi connectivity index (χ0) is 12.0. The highest BCUT2D eigenvalue weighted by Crippen LogP contribution is 2.20. The summed E-state index contributed by atoms with van der Waals surface area (Å²) in [5.74, 6) is 1.13. The molecule has 1 aromatic heterocycles. The quantitative estimate of drug-likeness (QED) is 0.822. The van der Waals surface area contributed by atoms with Crippen LogP contribution in [0.15, 0.2) is 18.5 Å². The molecule has 0 bridgehead atoms. The molecule has 0 aliphatic heterocycles. The van der Waals surface area contributed by atoms with Gasteiger partial charge in [-0.3, -0.25) is 4.98 Å². The largest absolute Gasteiger partial charge is 0.370 e. The van der Waals surface area contributed by atoms with Gasteiger partial charge in [0.1, 0.15) is 0 Å². The first-order chi connectivity index (χ1) is 7.70. The Hall–Kier alpha value is -0.740. The molecule has 1 heterocycles. The van der Waals surface area contributed by atoms with Gasteiger partial charge in [0.15, 0.2) is 0 Å². The lowest BCUT2D eigenvalue weighted by Crippen LogP contribution is -2.32. The van der Waals surface area contributed by atoms with Crippen molar-refractivity contribution < 1.29 is 0 Å². The van der Waals surface area contributed by atoms with Gasteiger partial charge < -0.3 is 10.2 Å². The number of aromatic nitrogens is 1. The van der Waals surface area contributed by atoms with Crippen LogP contribution in [0.5, 0.6) is 0 Å². The van der Waals surface area contributed by atoms with Gasteiger partial charge in [-0.25, -0.2) is 0 Å². The molecule has 16 heavy (non-hydrogen) atoms. The van der Waals surface area contributed by atoms with Crippen LogP contribution in [0.3, 0.4) is 0 Å². The van der Waals surface area contributed by atoms with E-state index in [1.165, 1.54) is 11.3 Å². The number of pyridine rings is 1. The molecule has 3 nitrogen and oxygen atoms in total. The summed E-state index contributed by atoms with van der Waals surface area (Å²) in [5.41, 5.74) is 2.52. The van der Waals surface area contributed by atoms with Crippen molar-refractivity contribution >= 4 is 17.4 Å². The Morgan fingerprint density at radius 3 is 2.94 bits per heavy atom. The fourth-order valence-electron chi connectivity index (χ4n) is 1.66. The van der Waals surface area contributed by atoms with E-state index < -0.39 is 0 Å². The highest BCUT2D eigenvalue weighted by Gasteiger charge is 2.12. The second kappa shape index (κ2) is 6.76. The fraction of sp³-hybridized carbons (Fsp3) is 0.583. The summed E-state index contributed by atoms with van der Waals surface area (Å²) in [6.45, 7) is 3.13. The summed E-state index contributed by atoms with van der Waals surface area (Å²) in [5, 5.41) is 3.19. The number of rotatable bonds is 6. The molecule has 0 fully saturated rings. The second-order valence-electron chi connectivity index (χ2n) is 3.95. The number of hydrogen-bond acceptors (Lipinski definition) is 4. The van der Waals surface area contributed by atoms with Gasteiger partial charge in [0.05, 0.1) is 11.9 Å². The van der Waals surface area contributed by atoms with Crippen LogP contribution in [0.25, 0.3) is 0 Å². The van der Waals surface area contributed by atoms with Crippen molar-refractivity contribution in [3.05, 3.63) is 24.0 Å². The summed E-state index contributed by atoms with van der Waals surface area (Å²) in [7, 11) is 4.10. The standard InChI is InChI=1S/C12H21N3S/c1-10(9-16-4)15(3)12-8-14-6-5-11(12)7-13-2/h5-6,8,10,13H,7,9H2,1-4H3. The van der Waals surface area contributed by atoms with E-state index in [9.17, 15) is 0 Å². The lowest BCUT2D eigenvalue weighted by atomic mass is 10.2. The molecule has 0 radical (unpaired) electrons. The lowest BCUT2D eigenvalue weighted by molar-refractivity contribution is 0.745. The highest BCUT2D eigenvalue weighted by atomic mass is 32.2. The molecule has 4 heteroatoms. The molecular weight excluding hydrogens is 218 g/mol. The van der Waals surface area contributed by atoms with E-state index in [1.807, 2.05) is 31.2 Å². The van der Waals surface area contributed by atoms with Gasteiger partial charge in [-0.05, 0) is 31.9 Å². The van der Waals surface area contributed by atoms with E-state index in [0.717, 1.165) is 12.3 Å². The van der Waals surface area contributed by atoms with E-state index in [0.29, 0.717) is 6.04 Å². The third-order valence-electron chi connectivity index (χ3n) is 2.70. The van der Waals surface area contributed by atoms with Crippen LogP contribution in [0.1, 0.15) is 12.5 Å². The predicted octanol–water partition coefficient (Wildman–Crippen LogP) is 1.99. The van der Waals surface area contributed by atoms with Crippen LogP contribution >= 0.6 is 11.8 Å². The first-order valence-electron chi connectivity index (χ1n) is 5.50. The van der Waals surface area contributed by atoms with Gasteiger partial charge >= 0.3 is 0 Å². The zero-order valence-corrected chi connectivity index (χ0v) is 11.3. The van der Waals surface area contributed by atoms with E-state index in [4.69, 9.17) is 0 Å². The number of thioether (sulfide) groups is 1. The van der Waals surface area contributed by atoms with Crippen molar-refractivity contribution in [2.75, 3.05) is 31.0 Å². The Morgan fingerprint density at radius 1 is 1.56 bits per heavy atom. The monoisotopic (exact) mass is 239 g/mol. The van der Waals surface area contributed by atoms with Gasteiger partial charge in [-0.2, -0.15) is 11.8 Å². The van der Waals surface area contributed by atoms with Crippen molar-refractivity contribution in [3.63, 3.8) is 0 Å². The third kappa shape index (κ3) is 3.39. The lowest BCUT2D eigenvalue weighted by Gasteiger charge is -2.28. The van der Waals surface area contributed by atoms with Crippen molar-refractivity contribution in [1.29, 1.82) is 0 Å². The molecule has 90 valence electrons. The van der Waals surface area contributed by atoms with Gasteiger partial charge in [0, 0.05) is 31.6 Å². The Bertz CT molecular complexity index is 317. The maximum Gasteiger partial charge on any atom is 0.0598 e. The molecule has 0 aliphatic rings. The molecule has 0 saturated heterocycles. The first kappa shape index (κ1) is 13.3. The van der Waals surface area contributed by atoms with Crippen LogP contribution in [0.2, 0.25) is 0 Å². The maximum atomic E-state index is 4.21. The number of nitrogens with one attached hydrogen (secondary N) is 1. The number of hydrogen-bond donors (Lipinski definition) is 1. The highest BCUT2D eigenvalue weighted by molar-refractivity contribution is 7.98. The van der Waals surface area contributed by atoms with E-state index >= 15 is 0 Å². The summed E-state index contributed by atoms with van der Waals surface area (Å²) in [6, 6.07) is 2.60. The minimum atomic E-state index is 0.523. The van der Waals surface area contributed by atoms with Gasteiger partial charge in [0.25, 0.3) is 0 Å². The maximum absolute atomic E-state index is 4.21. The second-order valence-corrected chi connectivity index (χ2v) is 4.86.